The van der Waals surface area contributed by atoms with Crippen molar-refractivity contribution in [2.24, 2.45) is 0 Å². The average molecular weight is 306 g/mol. The topological polar surface area (TPSA) is 21.3 Å². The summed E-state index contributed by atoms with van der Waals surface area (Å²) in [6.45, 7) is 0.886. The van der Waals surface area contributed by atoms with Crippen molar-refractivity contribution in [1.29, 1.82) is 0 Å². The van der Waals surface area contributed by atoms with Crippen molar-refractivity contribution < 1.29 is 9.13 Å². The van der Waals surface area contributed by atoms with Crippen molar-refractivity contribution >= 4 is 11.6 Å². The second-order valence-corrected chi connectivity index (χ2v) is 5.67. The summed E-state index contributed by atoms with van der Waals surface area (Å²) in [6.07, 6.45) is 2.40. The van der Waals surface area contributed by atoms with Gasteiger partial charge in [0, 0.05) is 28.7 Å². The van der Waals surface area contributed by atoms with Gasteiger partial charge in [0.25, 0.3) is 0 Å². The second-order valence-electron chi connectivity index (χ2n) is 5.26. The predicted octanol–water partition coefficient (Wildman–Crippen LogP) is 4.31. The Labute approximate surface area is 128 Å². The zero-order chi connectivity index (χ0) is 14.7. The third-order valence-corrected chi connectivity index (χ3v) is 3.91. The molecule has 4 heteroatoms. The quantitative estimate of drug-likeness (QED) is 0.858. The molecule has 0 aromatic heterocycles. The molecular formula is C17H17ClFNO. The molecule has 0 radical (unpaired) electrons. The Morgan fingerprint density at radius 3 is 2.62 bits per heavy atom. The molecule has 0 spiro atoms. The Bertz CT molecular complexity index is 628. The number of benzene rings is 2. The maximum atomic E-state index is 14.0. The molecule has 0 atom stereocenters. The highest BCUT2D eigenvalue weighted by Gasteiger charge is 2.21. The zero-order valence-electron chi connectivity index (χ0n) is 11.6. The summed E-state index contributed by atoms with van der Waals surface area (Å²) in [5.74, 6) is -0.0253. The van der Waals surface area contributed by atoms with Gasteiger partial charge >= 0.3 is 0 Å². The second kappa shape index (κ2) is 6.46. The monoisotopic (exact) mass is 305 g/mol. The van der Waals surface area contributed by atoms with Gasteiger partial charge in [0.1, 0.15) is 6.61 Å². The summed E-state index contributed by atoms with van der Waals surface area (Å²) in [6, 6.07) is 13.0. The Balaban J connectivity index is 1.72. The standard InChI is InChI=1S/C17H17ClFNO/c18-15-6-2-1-4-13(15)11-21-17-12(5-3-7-16(17)19)10-20-14-8-9-14/h1-7,14,20H,8-11H2. The van der Waals surface area contributed by atoms with E-state index in [1.54, 1.807) is 12.1 Å². The van der Waals surface area contributed by atoms with Crippen LogP contribution in [0.2, 0.25) is 5.02 Å². The van der Waals surface area contributed by atoms with Gasteiger partial charge in [-0.15, -0.1) is 0 Å². The Morgan fingerprint density at radius 1 is 1.10 bits per heavy atom. The first kappa shape index (κ1) is 14.4. The molecule has 0 unspecified atom stereocenters. The number of hydrogen-bond donors (Lipinski definition) is 1. The largest absolute Gasteiger partial charge is 0.485 e. The molecule has 0 amide bonds. The first-order valence-corrected chi connectivity index (χ1v) is 7.49. The minimum Gasteiger partial charge on any atom is -0.485 e. The van der Waals surface area contributed by atoms with Gasteiger partial charge in [-0.05, 0) is 25.0 Å². The molecule has 0 bridgehead atoms. The van der Waals surface area contributed by atoms with Gasteiger partial charge in [0.15, 0.2) is 11.6 Å². The van der Waals surface area contributed by atoms with Crippen LogP contribution in [0.1, 0.15) is 24.0 Å². The maximum Gasteiger partial charge on any atom is 0.165 e. The highest BCUT2D eigenvalue weighted by Crippen LogP contribution is 2.27. The molecule has 3 rings (SSSR count). The first-order valence-electron chi connectivity index (χ1n) is 7.11. The lowest BCUT2D eigenvalue weighted by molar-refractivity contribution is 0.286. The number of ether oxygens (including phenoxy) is 1. The van der Waals surface area contributed by atoms with Gasteiger partial charge in [-0.2, -0.15) is 0 Å². The summed E-state index contributed by atoms with van der Waals surface area (Å²) >= 11 is 6.09. The number of para-hydroxylation sites is 1. The molecule has 0 heterocycles. The minimum absolute atomic E-state index is 0.261. The number of nitrogens with one attached hydrogen (secondary N) is 1. The molecular weight excluding hydrogens is 289 g/mol. The molecule has 1 saturated carbocycles. The summed E-state index contributed by atoms with van der Waals surface area (Å²) in [5, 5.41) is 4.01. The van der Waals surface area contributed by atoms with Crippen LogP contribution < -0.4 is 10.1 Å². The zero-order valence-corrected chi connectivity index (χ0v) is 12.4. The van der Waals surface area contributed by atoms with Crippen molar-refractivity contribution in [2.75, 3.05) is 0 Å². The van der Waals surface area contributed by atoms with Crippen molar-refractivity contribution in [2.45, 2.75) is 32.0 Å². The van der Waals surface area contributed by atoms with Gasteiger partial charge in [-0.3, -0.25) is 0 Å². The Hall–Kier alpha value is -1.58. The van der Waals surface area contributed by atoms with E-state index in [2.05, 4.69) is 5.32 Å². The van der Waals surface area contributed by atoms with E-state index in [0.29, 0.717) is 23.4 Å². The molecule has 110 valence electrons. The fourth-order valence-corrected chi connectivity index (χ4v) is 2.35. The van der Waals surface area contributed by atoms with Crippen molar-refractivity contribution in [3.8, 4) is 5.75 Å². The Kier molecular flexibility index (Phi) is 4.42. The lowest BCUT2D eigenvalue weighted by Crippen LogP contribution is -2.16. The molecule has 2 aromatic rings. The fraction of sp³-hybridized carbons (Fsp3) is 0.294. The van der Waals surface area contributed by atoms with Gasteiger partial charge in [-0.25, -0.2) is 4.39 Å². The summed E-state index contributed by atoms with van der Waals surface area (Å²) in [5.41, 5.74) is 1.69. The minimum atomic E-state index is -0.336. The lowest BCUT2D eigenvalue weighted by atomic mass is 10.2. The molecule has 21 heavy (non-hydrogen) atoms. The van der Waals surface area contributed by atoms with E-state index in [4.69, 9.17) is 16.3 Å². The molecule has 1 aliphatic carbocycles. The predicted molar refractivity (Wildman–Crippen MR) is 82.0 cm³/mol. The first-order chi connectivity index (χ1) is 10.2. The van der Waals surface area contributed by atoms with Crippen LogP contribution in [-0.4, -0.2) is 6.04 Å². The van der Waals surface area contributed by atoms with Crippen LogP contribution in [0.25, 0.3) is 0 Å². The fourth-order valence-electron chi connectivity index (χ4n) is 2.16. The third kappa shape index (κ3) is 3.74. The van der Waals surface area contributed by atoms with Crippen molar-refractivity contribution in [1.82, 2.24) is 5.32 Å². The number of hydrogen-bond acceptors (Lipinski definition) is 2. The number of rotatable bonds is 6. The van der Waals surface area contributed by atoms with Crippen LogP contribution in [0.4, 0.5) is 4.39 Å². The van der Waals surface area contributed by atoms with Crippen LogP contribution in [0.3, 0.4) is 0 Å². The molecule has 1 fully saturated rings. The highest BCUT2D eigenvalue weighted by molar-refractivity contribution is 6.31. The Morgan fingerprint density at radius 2 is 1.86 bits per heavy atom. The SMILES string of the molecule is Fc1cccc(CNC2CC2)c1OCc1ccccc1Cl. The van der Waals surface area contributed by atoms with Gasteiger partial charge in [0.2, 0.25) is 0 Å². The summed E-state index contributed by atoms with van der Waals surface area (Å²) in [4.78, 5) is 0. The van der Waals surface area contributed by atoms with E-state index in [0.717, 1.165) is 11.1 Å². The summed E-state index contributed by atoms with van der Waals surface area (Å²) in [7, 11) is 0. The van der Waals surface area contributed by atoms with Crippen molar-refractivity contribution in [3.05, 3.63) is 64.4 Å². The van der Waals surface area contributed by atoms with Gasteiger partial charge in [0.05, 0.1) is 0 Å². The van der Waals surface area contributed by atoms with E-state index in [-0.39, 0.29) is 12.4 Å². The maximum absolute atomic E-state index is 14.0. The van der Waals surface area contributed by atoms with Crippen LogP contribution >= 0.6 is 11.6 Å². The van der Waals surface area contributed by atoms with Gasteiger partial charge in [-0.1, -0.05) is 41.9 Å². The molecule has 1 N–H and O–H groups in total. The molecule has 0 aliphatic heterocycles. The van der Waals surface area contributed by atoms with Crippen molar-refractivity contribution in [3.63, 3.8) is 0 Å². The van der Waals surface area contributed by atoms with E-state index in [9.17, 15) is 4.39 Å². The van der Waals surface area contributed by atoms with Crippen LogP contribution in [0, 0.1) is 5.82 Å². The molecule has 2 aromatic carbocycles. The normalized spacial score (nSPS) is 14.2. The van der Waals surface area contributed by atoms with E-state index in [1.807, 2.05) is 24.3 Å². The van der Waals surface area contributed by atoms with Crippen LogP contribution in [0.15, 0.2) is 42.5 Å². The van der Waals surface area contributed by atoms with E-state index < -0.39 is 0 Å². The smallest absolute Gasteiger partial charge is 0.165 e. The van der Waals surface area contributed by atoms with E-state index >= 15 is 0 Å². The van der Waals surface area contributed by atoms with Crippen LogP contribution in [0.5, 0.6) is 5.75 Å². The summed E-state index contributed by atoms with van der Waals surface area (Å²) < 4.78 is 19.7. The lowest BCUT2D eigenvalue weighted by Gasteiger charge is -2.13. The van der Waals surface area contributed by atoms with Gasteiger partial charge < -0.3 is 10.1 Å². The number of halogens is 2. The third-order valence-electron chi connectivity index (χ3n) is 3.54. The molecule has 0 saturated heterocycles. The average Bonchev–Trinajstić information content (AvgIpc) is 3.30. The molecule has 2 nitrogen and oxygen atoms in total. The van der Waals surface area contributed by atoms with E-state index in [1.165, 1.54) is 18.9 Å². The molecule has 1 aliphatic rings. The highest BCUT2D eigenvalue weighted by atomic mass is 35.5. The van der Waals surface area contributed by atoms with Crippen LogP contribution in [-0.2, 0) is 13.2 Å².